The number of hydrogen-bond acceptors (Lipinski definition) is 8. The fraction of sp³-hybridized carbons (Fsp3) is 0.692. The molecule has 0 spiro atoms. The summed E-state index contributed by atoms with van der Waals surface area (Å²) in [4.78, 5) is 25.1. The Labute approximate surface area is 151 Å². The zero-order valence-electron chi connectivity index (χ0n) is 13.7. The Balaban J connectivity index is 1.99. The van der Waals surface area contributed by atoms with E-state index in [4.69, 9.17) is 30.1 Å². The summed E-state index contributed by atoms with van der Waals surface area (Å²) in [6.45, 7) is -0.724. The molecule has 3 rings (SSSR count). The molecular weight excluding hydrogens is 397 g/mol. The second-order valence-electron chi connectivity index (χ2n) is 6.17. The van der Waals surface area contributed by atoms with Gasteiger partial charge in [0.05, 0.1) is 12.7 Å². The lowest BCUT2D eigenvalue weighted by atomic mass is 9.96. The third-order valence-electron chi connectivity index (χ3n) is 3.95. The van der Waals surface area contributed by atoms with Gasteiger partial charge < -0.3 is 18.9 Å². The smallest absolute Gasteiger partial charge is 0.330 e. The number of ether oxygens (including phenoxy) is 1. The van der Waals surface area contributed by atoms with E-state index in [-0.39, 0.29) is 0 Å². The molecular formula is C13H17F2N2O7PS. The van der Waals surface area contributed by atoms with Crippen molar-refractivity contribution in [3.8, 4) is 0 Å². The van der Waals surface area contributed by atoms with Crippen LogP contribution in [0.25, 0.3) is 0 Å². The maximum absolute atomic E-state index is 13.8. The standard InChI is InChI=1S/C13H17F2N2O7PS/c1-6(2)23-25(26)21-5-13(11(14)15)9(24-25)8(19)10(22-13)17-4-3-7(18)16-12(17)20/h3-4,6,8-11,19H,5H2,1-2H3,(H,16,18,20)/t8-,9-,10-,13-,25?/m1/s1. The molecule has 0 radical (unpaired) electrons. The maximum atomic E-state index is 13.8. The Bertz CT molecular complexity index is 846. The fourth-order valence-corrected chi connectivity index (χ4v) is 5.40. The highest BCUT2D eigenvalue weighted by Gasteiger charge is 2.66. The predicted octanol–water partition coefficient (Wildman–Crippen LogP) is 0.495. The quantitative estimate of drug-likeness (QED) is 0.685. The van der Waals surface area contributed by atoms with Crippen LogP contribution >= 0.6 is 6.72 Å². The van der Waals surface area contributed by atoms with Gasteiger partial charge in [0.25, 0.3) is 12.0 Å². The van der Waals surface area contributed by atoms with E-state index in [1.165, 1.54) is 0 Å². The zero-order chi connectivity index (χ0) is 19.3. The van der Waals surface area contributed by atoms with Crippen molar-refractivity contribution in [2.24, 2.45) is 0 Å². The minimum atomic E-state index is -3.38. The Morgan fingerprint density at radius 2 is 2.19 bits per heavy atom. The number of aliphatic hydroxyl groups excluding tert-OH is 1. The average Bonchev–Trinajstić information content (AvgIpc) is 2.80. The molecule has 146 valence electrons. The number of halogens is 2. The van der Waals surface area contributed by atoms with Crippen LogP contribution in [-0.2, 0) is 30.1 Å². The summed E-state index contributed by atoms with van der Waals surface area (Å²) >= 11 is 5.16. The number of aromatic nitrogens is 2. The summed E-state index contributed by atoms with van der Waals surface area (Å²) in [5.74, 6) is 0. The summed E-state index contributed by atoms with van der Waals surface area (Å²) in [7, 11) is 0. The topological polar surface area (TPSA) is 112 Å². The molecule has 13 heteroatoms. The number of H-pyrrole nitrogens is 1. The van der Waals surface area contributed by atoms with Crippen LogP contribution in [0.15, 0.2) is 21.9 Å². The van der Waals surface area contributed by atoms with E-state index in [0.29, 0.717) is 0 Å². The van der Waals surface area contributed by atoms with Gasteiger partial charge in [0.1, 0.15) is 12.2 Å². The van der Waals surface area contributed by atoms with Crippen molar-refractivity contribution >= 4 is 18.5 Å². The molecule has 0 aliphatic carbocycles. The van der Waals surface area contributed by atoms with Crippen LogP contribution in [0, 0.1) is 0 Å². The van der Waals surface area contributed by atoms with Crippen LogP contribution in [0.5, 0.6) is 0 Å². The van der Waals surface area contributed by atoms with Crippen LogP contribution in [0.4, 0.5) is 8.78 Å². The third-order valence-corrected chi connectivity index (χ3v) is 6.39. The van der Waals surface area contributed by atoms with E-state index >= 15 is 0 Å². The molecule has 0 amide bonds. The third kappa shape index (κ3) is 3.31. The van der Waals surface area contributed by atoms with Gasteiger partial charge in [-0.3, -0.25) is 18.9 Å². The number of nitrogens with one attached hydrogen (secondary N) is 1. The summed E-state index contributed by atoms with van der Waals surface area (Å²) in [5, 5.41) is 10.5. The molecule has 3 heterocycles. The molecule has 2 aliphatic rings. The highest BCUT2D eigenvalue weighted by atomic mass is 32.5. The van der Waals surface area contributed by atoms with E-state index in [0.717, 1.165) is 16.8 Å². The largest absolute Gasteiger partial charge is 0.386 e. The number of rotatable bonds is 4. The normalized spacial score (nSPS) is 37.3. The van der Waals surface area contributed by atoms with Crippen LogP contribution in [0.1, 0.15) is 20.1 Å². The van der Waals surface area contributed by atoms with Crippen molar-refractivity contribution in [3.05, 3.63) is 33.1 Å². The minimum absolute atomic E-state index is 0.392. The second-order valence-corrected chi connectivity index (χ2v) is 9.09. The van der Waals surface area contributed by atoms with E-state index in [9.17, 15) is 23.5 Å². The lowest BCUT2D eigenvalue weighted by molar-refractivity contribution is -0.204. The second kappa shape index (κ2) is 6.86. The van der Waals surface area contributed by atoms with Crippen molar-refractivity contribution in [2.45, 2.75) is 50.4 Å². The molecule has 5 atom stereocenters. The molecule has 0 bridgehead atoms. The van der Waals surface area contributed by atoms with Crippen LogP contribution in [0.2, 0.25) is 0 Å². The first-order valence-corrected chi connectivity index (χ1v) is 10.2. The van der Waals surface area contributed by atoms with E-state index < -0.39 is 61.1 Å². The first kappa shape index (κ1) is 19.7. The van der Waals surface area contributed by atoms with Crippen molar-refractivity contribution < 1.29 is 32.2 Å². The van der Waals surface area contributed by atoms with Crippen molar-refractivity contribution in [1.29, 1.82) is 0 Å². The van der Waals surface area contributed by atoms with Gasteiger partial charge in [0, 0.05) is 12.3 Å². The predicted molar refractivity (Wildman–Crippen MR) is 87.5 cm³/mol. The molecule has 2 aliphatic heterocycles. The lowest BCUT2D eigenvalue weighted by Gasteiger charge is -2.41. The van der Waals surface area contributed by atoms with Crippen LogP contribution < -0.4 is 11.2 Å². The van der Waals surface area contributed by atoms with Gasteiger partial charge >= 0.3 is 12.4 Å². The summed E-state index contributed by atoms with van der Waals surface area (Å²) < 4.78 is 49.8. The summed E-state index contributed by atoms with van der Waals surface area (Å²) in [6.07, 6.45) is -7.24. The highest BCUT2D eigenvalue weighted by molar-refractivity contribution is 8.07. The average molecular weight is 414 g/mol. The van der Waals surface area contributed by atoms with E-state index in [1.54, 1.807) is 13.8 Å². The SMILES string of the molecule is CC(C)OP1(=S)OC[C@@]2(C(F)F)O[C@@H](n3ccc(=O)[nH]c3=O)[C@H](O)[C@H]2O1. The maximum Gasteiger partial charge on any atom is 0.330 e. The monoisotopic (exact) mass is 414 g/mol. The number of nitrogens with zero attached hydrogens (tertiary/aromatic N) is 1. The Morgan fingerprint density at radius 3 is 2.77 bits per heavy atom. The molecule has 26 heavy (non-hydrogen) atoms. The number of aromatic amines is 1. The lowest BCUT2D eigenvalue weighted by Crippen LogP contribution is -2.56. The van der Waals surface area contributed by atoms with Crippen molar-refractivity contribution in [2.75, 3.05) is 6.61 Å². The Kier molecular flexibility index (Phi) is 5.21. The molecule has 0 aromatic carbocycles. The first-order chi connectivity index (χ1) is 12.1. The molecule has 2 fully saturated rings. The Hall–Kier alpha value is -1.01. The summed E-state index contributed by atoms with van der Waals surface area (Å²) in [5.41, 5.74) is -3.94. The van der Waals surface area contributed by atoms with Crippen LogP contribution in [-0.4, -0.2) is 51.6 Å². The van der Waals surface area contributed by atoms with Gasteiger partial charge in [-0.1, -0.05) is 0 Å². The van der Waals surface area contributed by atoms with Crippen molar-refractivity contribution in [1.82, 2.24) is 9.55 Å². The molecule has 9 nitrogen and oxygen atoms in total. The fourth-order valence-electron chi connectivity index (χ4n) is 2.82. The molecule has 1 aromatic heterocycles. The van der Waals surface area contributed by atoms with Gasteiger partial charge in [0.2, 0.25) is 0 Å². The number of alkyl halides is 2. The molecule has 1 aromatic rings. The number of fused-ring (bicyclic) bond motifs is 1. The highest BCUT2D eigenvalue weighted by Crippen LogP contribution is 2.61. The van der Waals surface area contributed by atoms with E-state index in [2.05, 4.69) is 0 Å². The minimum Gasteiger partial charge on any atom is -0.386 e. The van der Waals surface area contributed by atoms with Gasteiger partial charge in [0.15, 0.2) is 11.8 Å². The zero-order valence-corrected chi connectivity index (χ0v) is 15.4. The van der Waals surface area contributed by atoms with Gasteiger partial charge in [-0.25, -0.2) is 13.6 Å². The molecule has 0 saturated carbocycles. The molecule has 2 saturated heterocycles. The molecule has 1 unspecified atom stereocenters. The van der Waals surface area contributed by atoms with Crippen molar-refractivity contribution in [3.63, 3.8) is 0 Å². The Morgan fingerprint density at radius 1 is 1.50 bits per heavy atom. The molecule has 2 N–H and O–H groups in total. The summed E-state index contributed by atoms with van der Waals surface area (Å²) in [6, 6.07) is 0.998. The van der Waals surface area contributed by atoms with Crippen LogP contribution in [0.3, 0.4) is 0 Å². The van der Waals surface area contributed by atoms with E-state index in [1.807, 2.05) is 4.98 Å². The number of hydrogen-bond donors (Lipinski definition) is 2. The van der Waals surface area contributed by atoms with Gasteiger partial charge in [-0.05, 0) is 25.7 Å². The first-order valence-electron chi connectivity index (χ1n) is 7.65. The van der Waals surface area contributed by atoms with Gasteiger partial charge in [-0.15, -0.1) is 0 Å². The van der Waals surface area contributed by atoms with Gasteiger partial charge in [-0.2, -0.15) is 0 Å². The number of aliphatic hydroxyl groups is 1.